The molecule has 0 radical (unpaired) electrons. The maximum atomic E-state index is 2.47. The monoisotopic (exact) mass is 839 g/mol. The molecule has 1 heteroatoms. The van der Waals surface area contributed by atoms with Gasteiger partial charge in [0, 0.05) is 22.5 Å². The predicted octanol–water partition coefficient (Wildman–Crippen LogP) is 16.2. The molecular weight excluding hydrogens is 795 g/mol. The standard InChI is InChI=1S/C65H45N/c1-63(2)53-27-10-6-23-47(53)51-37-35-43(40-62(51)63)42-19-18-22-45(39-42)66(44-20-4-3-5-21-44)46-36-38-57-52(41-46)50-26-9-13-30-56(50)65(57)60-33-16-14-31-58(60)64(59-32-15-17-34-61(59)65)54-28-11-7-24-48(54)49-25-8-12-29-55(49)64/h3-41H,1-2H3. The Morgan fingerprint density at radius 2 is 0.636 bits per heavy atom. The van der Waals surface area contributed by atoms with Crippen molar-refractivity contribution in [2.75, 3.05) is 4.90 Å². The summed E-state index contributed by atoms with van der Waals surface area (Å²) in [6.45, 7) is 4.72. The van der Waals surface area contributed by atoms with Crippen LogP contribution in [0.25, 0.3) is 44.5 Å². The van der Waals surface area contributed by atoms with Crippen LogP contribution in [-0.4, -0.2) is 0 Å². The summed E-state index contributed by atoms with van der Waals surface area (Å²) in [4.78, 5) is 2.44. The van der Waals surface area contributed by atoms with Gasteiger partial charge < -0.3 is 4.90 Å². The summed E-state index contributed by atoms with van der Waals surface area (Å²) in [5.41, 5.74) is 26.2. The lowest BCUT2D eigenvalue weighted by molar-refractivity contribution is 0.633. The van der Waals surface area contributed by atoms with Gasteiger partial charge in [-0.05, 0) is 143 Å². The lowest BCUT2D eigenvalue weighted by atomic mass is 9.52. The zero-order valence-corrected chi connectivity index (χ0v) is 37.0. The van der Waals surface area contributed by atoms with Gasteiger partial charge in [-0.2, -0.15) is 0 Å². The molecule has 0 heterocycles. The van der Waals surface area contributed by atoms with Crippen LogP contribution in [0, 0.1) is 0 Å². The summed E-state index contributed by atoms with van der Waals surface area (Å²) in [5, 5.41) is 0. The van der Waals surface area contributed by atoms with E-state index in [1.54, 1.807) is 0 Å². The van der Waals surface area contributed by atoms with Gasteiger partial charge in [0.1, 0.15) is 0 Å². The van der Waals surface area contributed by atoms with Crippen molar-refractivity contribution in [3.8, 4) is 44.5 Å². The number of rotatable bonds is 4. The number of para-hydroxylation sites is 1. The summed E-state index contributed by atoms with van der Waals surface area (Å²) >= 11 is 0. The van der Waals surface area contributed by atoms with Gasteiger partial charge in [0.2, 0.25) is 0 Å². The Hall–Kier alpha value is -8.00. The SMILES string of the molecule is CC1(C)c2ccccc2-c2ccc(-c3cccc(N(c4ccccc4)c4ccc5c(c4)-c4ccccc4C54c5ccccc5C5(c6ccccc6-c6ccccc65)c5ccccc54)c3)cc21. The van der Waals surface area contributed by atoms with Crippen LogP contribution in [0.4, 0.5) is 17.1 Å². The fraction of sp³-hybridized carbons (Fsp3) is 0.0769. The second-order valence-electron chi connectivity index (χ2n) is 19.1. The Labute approximate surface area is 387 Å². The minimum atomic E-state index is -0.534. The van der Waals surface area contributed by atoms with Gasteiger partial charge in [0.25, 0.3) is 0 Å². The van der Waals surface area contributed by atoms with Crippen molar-refractivity contribution in [1.29, 1.82) is 0 Å². The predicted molar refractivity (Wildman–Crippen MR) is 272 cm³/mol. The summed E-state index contributed by atoms with van der Waals surface area (Å²) in [6.07, 6.45) is 0. The molecule has 2 spiro atoms. The van der Waals surface area contributed by atoms with Crippen LogP contribution in [0.3, 0.4) is 0 Å². The number of hydrogen-bond donors (Lipinski definition) is 0. The van der Waals surface area contributed by atoms with Gasteiger partial charge in [0.05, 0.1) is 10.8 Å². The second-order valence-corrected chi connectivity index (χ2v) is 19.1. The van der Waals surface area contributed by atoms with Gasteiger partial charge in [0.15, 0.2) is 0 Å². The van der Waals surface area contributed by atoms with E-state index in [0.29, 0.717) is 0 Å². The highest BCUT2D eigenvalue weighted by atomic mass is 15.1. The van der Waals surface area contributed by atoms with Gasteiger partial charge in [-0.3, -0.25) is 0 Å². The maximum Gasteiger partial charge on any atom is 0.0720 e. The van der Waals surface area contributed by atoms with Crippen LogP contribution >= 0.6 is 0 Å². The van der Waals surface area contributed by atoms with E-state index in [9.17, 15) is 0 Å². The Morgan fingerprint density at radius 3 is 1.20 bits per heavy atom. The molecule has 14 rings (SSSR count). The molecular formula is C65H45N. The van der Waals surface area contributed by atoms with Crippen LogP contribution in [0.1, 0.15) is 69.5 Å². The van der Waals surface area contributed by atoms with Gasteiger partial charge in [-0.1, -0.05) is 208 Å². The molecule has 4 aliphatic carbocycles. The van der Waals surface area contributed by atoms with Crippen LogP contribution < -0.4 is 4.90 Å². The normalized spacial score (nSPS) is 15.2. The number of hydrogen-bond acceptors (Lipinski definition) is 1. The zero-order valence-electron chi connectivity index (χ0n) is 37.0. The van der Waals surface area contributed by atoms with Crippen molar-refractivity contribution >= 4 is 17.1 Å². The molecule has 0 aliphatic heterocycles. The van der Waals surface area contributed by atoms with Crippen LogP contribution in [0.15, 0.2) is 237 Å². The van der Waals surface area contributed by atoms with E-state index in [1.807, 2.05) is 0 Å². The fourth-order valence-corrected chi connectivity index (χ4v) is 13.1. The number of nitrogens with zero attached hydrogens (tertiary/aromatic N) is 1. The van der Waals surface area contributed by atoms with Crippen LogP contribution in [0.2, 0.25) is 0 Å². The van der Waals surface area contributed by atoms with Crippen molar-refractivity contribution in [3.05, 3.63) is 292 Å². The quantitative estimate of drug-likeness (QED) is 0.171. The molecule has 0 saturated carbocycles. The third-order valence-corrected chi connectivity index (χ3v) is 15.7. The molecule has 0 amide bonds. The van der Waals surface area contributed by atoms with Crippen LogP contribution in [0.5, 0.6) is 0 Å². The molecule has 0 atom stereocenters. The third-order valence-electron chi connectivity index (χ3n) is 15.7. The highest BCUT2D eigenvalue weighted by Crippen LogP contribution is 2.67. The van der Waals surface area contributed by atoms with Gasteiger partial charge >= 0.3 is 0 Å². The Balaban J connectivity index is 0.969. The molecule has 0 N–H and O–H groups in total. The van der Waals surface area contributed by atoms with E-state index < -0.39 is 10.8 Å². The summed E-state index contributed by atoms with van der Waals surface area (Å²) in [7, 11) is 0. The Kier molecular flexibility index (Phi) is 7.66. The lowest BCUT2D eigenvalue weighted by Crippen LogP contribution is -2.43. The highest BCUT2D eigenvalue weighted by molar-refractivity contribution is 5.95. The first kappa shape index (κ1) is 37.4. The third kappa shape index (κ3) is 4.69. The smallest absolute Gasteiger partial charge is 0.0720 e. The van der Waals surface area contributed by atoms with Crippen molar-refractivity contribution in [3.63, 3.8) is 0 Å². The van der Waals surface area contributed by atoms with Crippen molar-refractivity contribution in [2.24, 2.45) is 0 Å². The molecule has 4 aliphatic rings. The first-order valence-corrected chi connectivity index (χ1v) is 23.3. The van der Waals surface area contributed by atoms with E-state index in [-0.39, 0.29) is 5.41 Å². The lowest BCUT2D eigenvalue weighted by Gasteiger charge is -2.48. The molecule has 1 nitrogen and oxygen atoms in total. The maximum absolute atomic E-state index is 2.47. The average molecular weight is 840 g/mol. The minimum Gasteiger partial charge on any atom is -0.310 e. The molecule has 0 aromatic heterocycles. The second kappa shape index (κ2) is 13.5. The van der Waals surface area contributed by atoms with Crippen LogP contribution in [-0.2, 0) is 16.2 Å². The summed E-state index contributed by atoms with van der Waals surface area (Å²) < 4.78 is 0. The van der Waals surface area contributed by atoms with Gasteiger partial charge in [-0.15, -0.1) is 0 Å². The van der Waals surface area contributed by atoms with Crippen molar-refractivity contribution in [2.45, 2.75) is 30.1 Å². The Bertz CT molecular complexity index is 3550. The van der Waals surface area contributed by atoms with E-state index in [2.05, 4.69) is 255 Å². The first-order valence-electron chi connectivity index (χ1n) is 23.3. The molecule has 310 valence electrons. The molecule has 0 saturated heterocycles. The number of fused-ring (bicyclic) bond motifs is 19. The topological polar surface area (TPSA) is 3.24 Å². The molecule has 0 fully saturated rings. The fourth-order valence-electron chi connectivity index (χ4n) is 13.1. The molecule has 0 unspecified atom stereocenters. The molecule has 0 bridgehead atoms. The van der Waals surface area contributed by atoms with E-state index in [1.165, 1.54) is 100 Å². The van der Waals surface area contributed by atoms with Crippen molar-refractivity contribution < 1.29 is 0 Å². The van der Waals surface area contributed by atoms with Crippen molar-refractivity contribution in [1.82, 2.24) is 0 Å². The highest BCUT2D eigenvalue weighted by Gasteiger charge is 2.58. The largest absolute Gasteiger partial charge is 0.310 e. The number of benzene rings is 10. The molecule has 10 aromatic carbocycles. The van der Waals surface area contributed by atoms with E-state index >= 15 is 0 Å². The van der Waals surface area contributed by atoms with E-state index in [0.717, 1.165) is 17.1 Å². The summed E-state index contributed by atoms with van der Waals surface area (Å²) in [6, 6.07) is 89.4. The zero-order chi connectivity index (χ0) is 43.8. The Morgan fingerprint density at radius 1 is 0.242 bits per heavy atom. The molecule has 66 heavy (non-hydrogen) atoms. The first-order chi connectivity index (χ1) is 32.5. The minimum absolute atomic E-state index is 0.0697. The van der Waals surface area contributed by atoms with Gasteiger partial charge in [-0.25, -0.2) is 0 Å². The number of anilines is 3. The molecule has 10 aromatic rings. The summed E-state index contributed by atoms with van der Waals surface area (Å²) in [5.74, 6) is 0. The average Bonchev–Trinajstić information content (AvgIpc) is 3.93. The van der Waals surface area contributed by atoms with E-state index in [4.69, 9.17) is 0 Å².